The zero-order valence-corrected chi connectivity index (χ0v) is 10.9. The smallest absolute Gasteiger partial charge is 0.261 e. The Balaban J connectivity index is 2.27. The monoisotopic (exact) mass is 299 g/mol. The Bertz CT molecular complexity index is 718. The topological polar surface area (TPSA) is 84.2 Å². The molecule has 4 N–H and O–H groups in total. The lowest BCUT2D eigenvalue weighted by atomic mass is 10.3. The van der Waals surface area contributed by atoms with Gasteiger partial charge in [0.15, 0.2) is 11.6 Å². The lowest BCUT2D eigenvalue weighted by Gasteiger charge is -2.09. The van der Waals surface area contributed by atoms with Crippen molar-refractivity contribution in [1.29, 1.82) is 0 Å². The van der Waals surface area contributed by atoms with Crippen molar-refractivity contribution in [3.05, 3.63) is 54.1 Å². The first-order valence-electron chi connectivity index (χ1n) is 5.47. The van der Waals surface area contributed by atoms with Gasteiger partial charge in [0.1, 0.15) is 0 Å². The number of sulfonamides is 1. The lowest BCUT2D eigenvalue weighted by Crippen LogP contribution is -2.13. The van der Waals surface area contributed by atoms with Crippen LogP contribution in [0.3, 0.4) is 0 Å². The molecule has 0 radical (unpaired) electrons. The Kier molecular flexibility index (Phi) is 3.86. The first-order chi connectivity index (χ1) is 9.42. The minimum atomic E-state index is -3.88. The van der Waals surface area contributed by atoms with Gasteiger partial charge >= 0.3 is 0 Å². The average molecular weight is 299 g/mol. The Morgan fingerprint density at radius 3 is 2.05 bits per heavy atom. The van der Waals surface area contributed by atoms with E-state index in [1.54, 1.807) is 0 Å². The summed E-state index contributed by atoms with van der Waals surface area (Å²) >= 11 is 0. The molecule has 8 heteroatoms. The molecule has 2 rings (SSSR count). The van der Waals surface area contributed by atoms with Crippen LogP contribution >= 0.6 is 0 Å². The predicted molar refractivity (Wildman–Crippen MR) is 71.4 cm³/mol. The molecule has 0 saturated carbocycles. The number of hydrogen-bond acceptors (Lipinski definition) is 4. The van der Waals surface area contributed by atoms with E-state index in [2.05, 4.69) is 10.1 Å². The molecule has 2 aromatic rings. The quantitative estimate of drug-likeness (QED) is 0.596. The Hall–Kier alpha value is -2.19. The fourth-order valence-corrected chi connectivity index (χ4v) is 2.55. The highest BCUT2D eigenvalue weighted by Crippen LogP contribution is 2.19. The van der Waals surface area contributed by atoms with E-state index >= 15 is 0 Å². The largest absolute Gasteiger partial charge is 0.324 e. The molecule has 0 aliphatic carbocycles. The van der Waals surface area contributed by atoms with Crippen molar-refractivity contribution in [1.82, 2.24) is 0 Å². The number of nitrogens with two attached hydrogens (primary N) is 1. The fourth-order valence-electron chi connectivity index (χ4n) is 1.50. The van der Waals surface area contributed by atoms with E-state index in [-0.39, 0.29) is 10.6 Å². The number of benzene rings is 2. The van der Waals surface area contributed by atoms with Crippen molar-refractivity contribution in [3.63, 3.8) is 0 Å². The number of nitrogen functional groups attached to an aromatic ring is 1. The summed E-state index contributed by atoms with van der Waals surface area (Å²) in [5, 5.41) is 0. The van der Waals surface area contributed by atoms with Crippen LogP contribution in [0.2, 0.25) is 0 Å². The van der Waals surface area contributed by atoms with E-state index in [0.29, 0.717) is 5.69 Å². The van der Waals surface area contributed by atoms with Gasteiger partial charge in [-0.25, -0.2) is 17.2 Å². The van der Waals surface area contributed by atoms with E-state index in [1.165, 1.54) is 24.3 Å². The van der Waals surface area contributed by atoms with Crippen LogP contribution in [0.1, 0.15) is 0 Å². The number of halogens is 2. The van der Waals surface area contributed by atoms with Gasteiger partial charge in [0.05, 0.1) is 10.6 Å². The molecule has 0 aliphatic rings. The highest BCUT2D eigenvalue weighted by atomic mass is 32.2. The molecule has 0 fully saturated rings. The summed E-state index contributed by atoms with van der Waals surface area (Å²) in [5.41, 5.74) is 2.84. The predicted octanol–water partition coefficient (Wildman–Crippen LogP) is 2.05. The molecule has 0 aromatic heterocycles. The number of rotatable bonds is 4. The van der Waals surface area contributed by atoms with Crippen LogP contribution in [0.15, 0.2) is 47.4 Å². The molecule has 5 nitrogen and oxygen atoms in total. The highest BCUT2D eigenvalue weighted by molar-refractivity contribution is 7.92. The number of hydrogen-bond donors (Lipinski definition) is 3. The number of nitrogens with one attached hydrogen (secondary N) is 2. The average Bonchev–Trinajstić information content (AvgIpc) is 2.43. The summed E-state index contributed by atoms with van der Waals surface area (Å²) < 4.78 is 52.0. The van der Waals surface area contributed by atoms with Gasteiger partial charge in [-0.05, 0) is 36.4 Å². The lowest BCUT2D eigenvalue weighted by molar-refractivity contribution is 0.509. The molecular weight excluding hydrogens is 288 g/mol. The molecule has 0 unspecified atom stereocenters. The van der Waals surface area contributed by atoms with Crippen LogP contribution in [0.4, 0.5) is 20.2 Å². The summed E-state index contributed by atoms with van der Waals surface area (Å²) in [5.74, 6) is 2.99. The minimum Gasteiger partial charge on any atom is -0.324 e. The fraction of sp³-hybridized carbons (Fsp3) is 0. The standard InChI is InChI=1S/C12H11F2N3O2S/c13-11-6-3-9(7-12(11)14)17-20(18,19)10-4-1-8(16-15)2-5-10/h1-7,16-17H,15H2. The SMILES string of the molecule is NNc1ccc(S(=O)(=O)Nc2ccc(F)c(F)c2)cc1. The summed E-state index contributed by atoms with van der Waals surface area (Å²) in [6, 6.07) is 8.34. The maximum Gasteiger partial charge on any atom is 0.261 e. The van der Waals surface area contributed by atoms with Gasteiger partial charge in [0, 0.05) is 11.8 Å². The van der Waals surface area contributed by atoms with Crippen molar-refractivity contribution in [2.24, 2.45) is 5.84 Å². The molecule has 0 amide bonds. The summed E-state index contributed by atoms with van der Waals surface area (Å²) in [6.45, 7) is 0. The van der Waals surface area contributed by atoms with Gasteiger partial charge in [-0.3, -0.25) is 10.6 Å². The minimum absolute atomic E-state index is 0.0266. The molecule has 0 heterocycles. The van der Waals surface area contributed by atoms with Gasteiger partial charge in [-0.1, -0.05) is 0 Å². The van der Waals surface area contributed by atoms with Gasteiger partial charge < -0.3 is 5.43 Å². The maximum absolute atomic E-state index is 13.0. The Morgan fingerprint density at radius 2 is 1.50 bits per heavy atom. The van der Waals surface area contributed by atoms with Crippen molar-refractivity contribution in [2.45, 2.75) is 4.90 Å². The van der Waals surface area contributed by atoms with Crippen molar-refractivity contribution in [2.75, 3.05) is 10.1 Å². The third-order valence-corrected chi connectivity index (χ3v) is 3.90. The summed E-state index contributed by atoms with van der Waals surface area (Å²) in [4.78, 5) is -0.0266. The number of anilines is 2. The second kappa shape index (κ2) is 5.43. The summed E-state index contributed by atoms with van der Waals surface area (Å²) in [7, 11) is -3.88. The molecule has 106 valence electrons. The van der Waals surface area contributed by atoms with E-state index in [0.717, 1.165) is 18.2 Å². The third-order valence-electron chi connectivity index (χ3n) is 2.50. The van der Waals surface area contributed by atoms with Gasteiger partial charge in [0.25, 0.3) is 10.0 Å². The molecule has 0 bridgehead atoms. The van der Waals surface area contributed by atoms with Crippen LogP contribution in [0.5, 0.6) is 0 Å². The molecule has 0 aliphatic heterocycles. The Morgan fingerprint density at radius 1 is 0.900 bits per heavy atom. The molecule has 0 spiro atoms. The van der Waals surface area contributed by atoms with Crippen LogP contribution < -0.4 is 16.0 Å². The molecule has 0 saturated heterocycles. The first-order valence-corrected chi connectivity index (χ1v) is 6.95. The van der Waals surface area contributed by atoms with Crippen molar-refractivity contribution < 1.29 is 17.2 Å². The van der Waals surface area contributed by atoms with Crippen LogP contribution in [0.25, 0.3) is 0 Å². The van der Waals surface area contributed by atoms with E-state index in [9.17, 15) is 17.2 Å². The third kappa shape index (κ3) is 3.03. The van der Waals surface area contributed by atoms with Crippen LogP contribution in [0, 0.1) is 11.6 Å². The van der Waals surface area contributed by atoms with Crippen molar-refractivity contribution >= 4 is 21.4 Å². The molecule has 0 atom stereocenters. The van der Waals surface area contributed by atoms with Crippen LogP contribution in [-0.4, -0.2) is 8.42 Å². The maximum atomic E-state index is 13.0. The zero-order chi connectivity index (χ0) is 14.8. The zero-order valence-electron chi connectivity index (χ0n) is 10.1. The second-order valence-corrected chi connectivity index (χ2v) is 5.59. The van der Waals surface area contributed by atoms with E-state index < -0.39 is 21.7 Å². The van der Waals surface area contributed by atoms with Gasteiger partial charge in [-0.2, -0.15) is 0 Å². The Labute approximate surface area is 114 Å². The van der Waals surface area contributed by atoms with Gasteiger partial charge in [0.2, 0.25) is 0 Å². The molecular formula is C12H11F2N3O2S. The van der Waals surface area contributed by atoms with Crippen LogP contribution in [-0.2, 0) is 10.0 Å². The second-order valence-electron chi connectivity index (χ2n) is 3.90. The summed E-state index contributed by atoms with van der Waals surface area (Å²) in [6.07, 6.45) is 0. The molecule has 20 heavy (non-hydrogen) atoms. The normalized spacial score (nSPS) is 11.2. The molecule has 2 aromatic carbocycles. The number of hydrazine groups is 1. The van der Waals surface area contributed by atoms with E-state index in [1.807, 2.05) is 0 Å². The van der Waals surface area contributed by atoms with Gasteiger partial charge in [-0.15, -0.1) is 0 Å². The highest BCUT2D eigenvalue weighted by Gasteiger charge is 2.15. The van der Waals surface area contributed by atoms with Crippen molar-refractivity contribution in [3.8, 4) is 0 Å². The van der Waals surface area contributed by atoms with E-state index in [4.69, 9.17) is 5.84 Å². The first kappa shape index (κ1) is 14.2.